The summed E-state index contributed by atoms with van der Waals surface area (Å²) in [7, 11) is 0. The molecular formula is C23H15N3O2. The van der Waals surface area contributed by atoms with E-state index >= 15 is 0 Å². The zero-order valence-electron chi connectivity index (χ0n) is 14.8. The van der Waals surface area contributed by atoms with Gasteiger partial charge >= 0.3 is 0 Å². The first-order valence-corrected chi connectivity index (χ1v) is 8.89. The molecular weight excluding hydrogens is 350 g/mol. The maximum absolute atomic E-state index is 13.2. The predicted octanol–water partition coefficient (Wildman–Crippen LogP) is 4.51. The van der Waals surface area contributed by atoms with Gasteiger partial charge in [-0.1, -0.05) is 60.7 Å². The van der Waals surface area contributed by atoms with Crippen molar-refractivity contribution in [1.29, 1.82) is 0 Å². The first-order chi connectivity index (χ1) is 13.7. The monoisotopic (exact) mass is 365 g/mol. The van der Waals surface area contributed by atoms with Gasteiger partial charge in [-0.3, -0.25) is 9.36 Å². The minimum Gasteiger partial charge on any atom is -0.494 e. The van der Waals surface area contributed by atoms with Crippen molar-refractivity contribution in [3.63, 3.8) is 0 Å². The van der Waals surface area contributed by atoms with Gasteiger partial charge in [0.1, 0.15) is 11.1 Å². The maximum atomic E-state index is 13.2. The number of rotatable bonds is 3. The standard InChI is InChI=1S/C23H15N3O2/c27-21(15-9-3-1-4-10-15)19-20-22(25-18-14-8-7-13-17(18)24-20)26(23(19)28)16-11-5-2-6-12-16/h1-14,28H. The second-order valence-electron chi connectivity index (χ2n) is 6.45. The molecule has 0 saturated heterocycles. The fourth-order valence-electron chi connectivity index (χ4n) is 3.40. The molecule has 1 N–H and O–H groups in total. The van der Waals surface area contributed by atoms with E-state index in [1.165, 1.54) is 0 Å². The van der Waals surface area contributed by atoms with Gasteiger partial charge < -0.3 is 5.11 Å². The number of benzene rings is 3. The number of hydrogen-bond acceptors (Lipinski definition) is 4. The fraction of sp³-hybridized carbons (Fsp3) is 0. The van der Waals surface area contributed by atoms with Crippen molar-refractivity contribution < 1.29 is 9.90 Å². The average Bonchev–Trinajstić information content (AvgIpc) is 3.03. The van der Waals surface area contributed by atoms with E-state index in [-0.39, 0.29) is 17.2 Å². The smallest absolute Gasteiger partial charge is 0.211 e. The molecule has 3 aromatic carbocycles. The maximum Gasteiger partial charge on any atom is 0.211 e. The molecule has 28 heavy (non-hydrogen) atoms. The van der Waals surface area contributed by atoms with Crippen LogP contribution < -0.4 is 0 Å². The van der Waals surface area contributed by atoms with E-state index < -0.39 is 0 Å². The topological polar surface area (TPSA) is 68.0 Å². The Bertz CT molecular complexity index is 1330. The molecule has 0 radical (unpaired) electrons. The van der Waals surface area contributed by atoms with E-state index in [2.05, 4.69) is 4.98 Å². The van der Waals surface area contributed by atoms with Crippen LogP contribution in [0.15, 0.2) is 84.9 Å². The number of para-hydroxylation sites is 3. The molecule has 2 aromatic heterocycles. The molecule has 5 aromatic rings. The molecule has 5 nitrogen and oxygen atoms in total. The highest BCUT2D eigenvalue weighted by molar-refractivity contribution is 6.18. The molecule has 134 valence electrons. The summed E-state index contributed by atoms with van der Waals surface area (Å²) in [4.78, 5) is 22.6. The van der Waals surface area contributed by atoms with E-state index in [9.17, 15) is 9.90 Å². The summed E-state index contributed by atoms with van der Waals surface area (Å²) in [6.07, 6.45) is 0. The van der Waals surface area contributed by atoms with Gasteiger partial charge in [0.05, 0.1) is 16.7 Å². The van der Waals surface area contributed by atoms with Crippen molar-refractivity contribution in [3.8, 4) is 11.6 Å². The second-order valence-corrected chi connectivity index (χ2v) is 6.45. The molecule has 0 amide bonds. The van der Waals surface area contributed by atoms with Crippen LogP contribution in [0.1, 0.15) is 15.9 Å². The molecule has 0 bridgehead atoms. The Morgan fingerprint density at radius 2 is 1.32 bits per heavy atom. The van der Waals surface area contributed by atoms with Gasteiger partial charge in [0.15, 0.2) is 5.65 Å². The number of hydrogen-bond donors (Lipinski definition) is 1. The molecule has 0 fully saturated rings. The van der Waals surface area contributed by atoms with Crippen LogP contribution in [0.5, 0.6) is 5.88 Å². The molecule has 0 unspecified atom stereocenters. The number of aromatic nitrogens is 3. The van der Waals surface area contributed by atoms with Crippen molar-refractivity contribution in [2.75, 3.05) is 0 Å². The quantitative estimate of drug-likeness (QED) is 0.478. The van der Waals surface area contributed by atoms with Crippen LogP contribution >= 0.6 is 0 Å². The van der Waals surface area contributed by atoms with E-state index in [1.807, 2.05) is 60.7 Å². The van der Waals surface area contributed by atoms with Crippen LogP contribution in [-0.2, 0) is 0 Å². The van der Waals surface area contributed by atoms with Crippen molar-refractivity contribution in [2.45, 2.75) is 0 Å². The third-order valence-corrected chi connectivity index (χ3v) is 4.71. The summed E-state index contributed by atoms with van der Waals surface area (Å²) < 4.78 is 1.57. The number of ketones is 1. The molecule has 0 aliphatic rings. The van der Waals surface area contributed by atoms with Crippen molar-refractivity contribution in [2.24, 2.45) is 0 Å². The Kier molecular flexibility index (Phi) is 3.66. The van der Waals surface area contributed by atoms with E-state index in [0.717, 1.165) is 0 Å². The number of carbonyl (C=O) groups is 1. The summed E-state index contributed by atoms with van der Waals surface area (Å²) >= 11 is 0. The van der Waals surface area contributed by atoms with Crippen LogP contribution in [-0.4, -0.2) is 25.4 Å². The predicted molar refractivity (Wildman–Crippen MR) is 108 cm³/mol. The molecule has 2 heterocycles. The zero-order chi connectivity index (χ0) is 19.1. The first-order valence-electron chi connectivity index (χ1n) is 8.89. The van der Waals surface area contributed by atoms with E-state index in [0.29, 0.717) is 33.4 Å². The lowest BCUT2D eigenvalue weighted by molar-refractivity contribution is 0.103. The van der Waals surface area contributed by atoms with Crippen LogP contribution in [0.4, 0.5) is 0 Å². The number of nitrogens with zero attached hydrogens (tertiary/aromatic N) is 3. The SMILES string of the molecule is O=C(c1ccccc1)c1c(O)n(-c2ccccc2)c2nc3ccccc3nc12. The highest BCUT2D eigenvalue weighted by Crippen LogP contribution is 2.34. The van der Waals surface area contributed by atoms with Crippen molar-refractivity contribution in [1.82, 2.24) is 14.5 Å². The Labute approximate surface area is 160 Å². The molecule has 0 spiro atoms. The molecule has 5 heteroatoms. The van der Waals surface area contributed by atoms with Gasteiger partial charge in [-0.05, 0) is 24.3 Å². The minimum absolute atomic E-state index is 0.156. The minimum atomic E-state index is -0.289. The fourth-order valence-corrected chi connectivity index (χ4v) is 3.40. The molecule has 0 aliphatic carbocycles. The summed E-state index contributed by atoms with van der Waals surface area (Å²) in [5.74, 6) is -0.451. The van der Waals surface area contributed by atoms with Gasteiger partial charge in [0.2, 0.25) is 11.7 Å². The third-order valence-electron chi connectivity index (χ3n) is 4.71. The van der Waals surface area contributed by atoms with Gasteiger partial charge in [-0.15, -0.1) is 0 Å². The normalized spacial score (nSPS) is 11.1. The highest BCUT2D eigenvalue weighted by atomic mass is 16.3. The lowest BCUT2D eigenvalue weighted by Gasteiger charge is -2.06. The number of fused-ring (bicyclic) bond motifs is 2. The lowest BCUT2D eigenvalue weighted by atomic mass is 10.0. The van der Waals surface area contributed by atoms with Gasteiger partial charge in [0.25, 0.3) is 0 Å². The van der Waals surface area contributed by atoms with Gasteiger partial charge in [-0.25, -0.2) is 9.97 Å². The lowest BCUT2D eigenvalue weighted by Crippen LogP contribution is -2.01. The largest absolute Gasteiger partial charge is 0.494 e. The summed E-state index contributed by atoms with van der Waals surface area (Å²) in [6, 6.07) is 25.7. The van der Waals surface area contributed by atoms with E-state index in [1.54, 1.807) is 28.8 Å². The Balaban J connectivity index is 1.88. The van der Waals surface area contributed by atoms with Crippen molar-refractivity contribution >= 4 is 28.0 Å². The van der Waals surface area contributed by atoms with Crippen LogP contribution in [0.3, 0.4) is 0 Å². The highest BCUT2D eigenvalue weighted by Gasteiger charge is 2.26. The molecule has 0 aliphatic heterocycles. The second kappa shape index (κ2) is 6.32. The number of aromatic hydroxyl groups is 1. The summed E-state index contributed by atoms with van der Waals surface area (Å²) in [5.41, 5.74) is 3.55. The third kappa shape index (κ3) is 2.45. The van der Waals surface area contributed by atoms with Crippen molar-refractivity contribution in [3.05, 3.63) is 96.1 Å². The van der Waals surface area contributed by atoms with Crippen LogP contribution in [0, 0.1) is 0 Å². The Morgan fingerprint density at radius 3 is 2.00 bits per heavy atom. The molecule has 0 atom stereocenters. The molecule has 5 rings (SSSR count). The summed E-state index contributed by atoms with van der Waals surface area (Å²) in [6.45, 7) is 0. The molecule has 0 saturated carbocycles. The van der Waals surface area contributed by atoms with Gasteiger partial charge in [-0.2, -0.15) is 0 Å². The van der Waals surface area contributed by atoms with E-state index in [4.69, 9.17) is 4.98 Å². The van der Waals surface area contributed by atoms with Crippen LogP contribution in [0.2, 0.25) is 0 Å². The Morgan fingerprint density at radius 1 is 0.750 bits per heavy atom. The van der Waals surface area contributed by atoms with Gasteiger partial charge in [0, 0.05) is 5.56 Å². The van der Waals surface area contributed by atoms with Crippen LogP contribution in [0.25, 0.3) is 27.9 Å². The number of carbonyl (C=O) groups excluding carboxylic acids is 1. The first kappa shape index (κ1) is 16.2. The zero-order valence-corrected chi connectivity index (χ0v) is 14.8. The summed E-state index contributed by atoms with van der Waals surface area (Å²) in [5, 5.41) is 11.1. The Hall–Kier alpha value is -3.99. The average molecular weight is 365 g/mol.